The molecule has 0 radical (unpaired) electrons. The lowest BCUT2D eigenvalue weighted by Crippen LogP contribution is -2.22. The van der Waals surface area contributed by atoms with E-state index in [9.17, 15) is 40.0 Å². The van der Waals surface area contributed by atoms with Crippen LogP contribution in [0.5, 0.6) is 11.5 Å². The Hall–Kier alpha value is -3.82. The van der Waals surface area contributed by atoms with Gasteiger partial charge in [-0.05, 0) is 6.07 Å². The fourth-order valence-electron chi connectivity index (χ4n) is 2.61. The zero-order valence-electron chi connectivity index (χ0n) is 11.5. The molecule has 0 atom stereocenters. The topological polar surface area (TPSA) is 161 Å². The third kappa shape index (κ3) is 1.83. The van der Waals surface area contributed by atoms with Gasteiger partial charge in [-0.2, -0.15) is 0 Å². The van der Waals surface area contributed by atoms with Gasteiger partial charge in [0.2, 0.25) is 5.75 Å². The maximum atomic E-state index is 12.5. The van der Waals surface area contributed by atoms with Crippen molar-refractivity contribution >= 4 is 22.9 Å². The Bertz CT molecular complexity index is 977. The Morgan fingerprint density at radius 3 is 2.08 bits per heavy atom. The molecule has 2 aromatic rings. The number of nitro benzene ring substituents is 2. The molecule has 0 aromatic heterocycles. The van der Waals surface area contributed by atoms with Crippen LogP contribution in [0.15, 0.2) is 24.3 Å². The molecule has 10 nitrogen and oxygen atoms in total. The normalized spacial score (nSPS) is 12.5. The molecule has 120 valence electrons. The second-order valence-electron chi connectivity index (χ2n) is 4.89. The summed E-state index contributed by atoms with van der Waals surface area (Å²) in [5.74, 6) is -3.68. The van der Waals surface area contributed by atoms with E-state index in [1.54, 1.807) is 0 Å². The van der Waals surface area contributed by atoms with Crippen LogP contribution < -0.4 is 0 Å². The lowest BCUT2D eigenvalue weighted by Gasteiger charge is -2.18. The summed E-state index contributed by atoms with van der Waals surface area (Å²) < 4.78 is 0. The number of benzene rings is 2. The monoisotopic (exact) mass is 330 g/mol. The van der Waals surface area contributed by atoms with Crippen LogP contribution >= 0.6 is 0 Å². The van der Waals surface area contributed by atoms with Crippen LogP contribution in [0.4, 0.5) is 11.4 Å². The van der Waals surface area contributed by atoms with Gasteiger partial charge in [0.15, 0.2) is 11.6 Å². The predicted octanol–water partition coefficient (Wildman–Crippen LogP) is 1.69. The summed E-state index contributed by atoms with van der Waals surface area (Å²) in [6.07, 6.45) is 0. The quantitative estimate of drug-likeness (QED) is 0.530. The van der Waals surface area contributed by atoms with Crippen LogP contribution in [0, 0.1) is 20.2 Å². The molecule has 0 amide bonds. The fraction of sp³-hybridized carbons (Fsp3) is 0. The third-order valence-electron chi connectivity index (χ3n) is 3.62. The summed E-state index contributed by atoms with van der Waals surface area (Å²) in [4.78, 5) is 44.6. The fourth-order valence-corrected chi connectivity index (χ4v) is 2.61. The molecule has 0 aliphatic heterocycles. The number of phenolic OH excluding ortho intramolecular Hbond substituents is 2. The molecule has 0 bridgehead atoms. The van der Waals surface area contributed by atoms with Gasteiger partial charge in [0, 0.05) is 17.2 Å². The standard InChI is InChI=1S/C14H6N2O8/c17-8-3-1-2-5-9(8)13(19)6-4-7(15(21)22)11(16(23)24)14(20)10(6)12(5)18/h1-4,17,20H. The van der Waals surface area contributed by atoms with Gasteiger partial charge in [-0.15, -0.1) is 0 Å². The molecule has 2 aromatic carbocycles. The summed E-state index contributed by atoms with van der Waals surface area (Å²) >= 11 is 0. The van der Waals surface area contributed by atoms with E-state index in [0.717, 1.165) is 6.07 Å². The summed E-state index contributed by atoms with van der Waals surface area (Å²) in [6.45, 7) is 0. The van der Waals surface area contributed by atoms with Crippen molar-refractivity contribution in [3.8, 4) is 11.5 Å². The van der Waals surface area contributed by atoms with E-state index in [-0.39, 0.29) is 11.1 Å². The first-order valence-corrected chi connectivity index (χ1v) is 6.35. The molecule has 0 unspecified atom stereocenters. The van der Waals surface area contributed by atoms with Crippen LogP contribution in [0.3, 0.4) is 0 Å². The van der Waals surface area contributed by atoms with Crippen molar-refractivity contribution in [1.82, 2.24) is 0 Å². The summed E-state index contributed by atoms with van der Waals surface area (Å²) in [7, 11) is 0. The molecule has 1 aliphatic rings. The predicted molar refractivity (Wildman–Crippen MR) is 76.4 cm³/mol. The smallest absolute Gasteiger partial charge is 0.387 e. The number of rotatable bonds is 2. The maximum absolute atomic E-state index is 12.5. The van der Waals surface area contributed by atoms with Crippen LogP contribution in [-0.2, 0) is 0 Å². The number of carbonyl (C=O) groups excluding carboxylic acids is 2. The molecular weight excluding hydrogens is 324 g/mol. The van der Waals surface area contributed by atoms with Gasteiger partial charge in [0.05, 0.1) is 21.0 Å². The second-order valence-corrected chi connectivity index (χ2v) is 4.89. The van der Waals surface area contributed by atoms with Gasteiger partial charge >= 0.3 is 11.4 Å². The number of hydrogen-bond donors (Lipinski definition) is 2. The van der Waals surface area contributed by atoms with Crippen molar-refractivity contribution in [2.24, 2.45) is 0 Å². The number of hydrogen-bond acceptors (Lipinski definition) is 8. The maximum Gasteiger partial charge on any atom is 0.387 e. The zero-order valence-corrected chi connectivity index (χ0v) is 11.5. The minimum atomic E-state index is -1.27. The third-order valence-corrected chi connectivity index (χ3v) is 3.62. The zero-order chi connectivity index (χ0) is 17.8. The highest BCUT2D eigenvalue weighted by Gasteiger charge is 2.42. The van der Waals surface area contributed by atoms with Gasteiger partial charge in [0.25, 0.3) is 0 Å². The highest BCUT2D eigenvalue weighted by Crippen LogP contribution is 2.45. The molecular formula is C14H6N2O8. The van der Waals surface area contributed by atoms with E-state index in [2.05, 4.69) is 0 Å². The first kappa shape index (κ1) is 15.1. The lowest BCUT2D eigenvalue weighted by molar-refractivity contribution is -0.423. The van der Waals surface area contributed by atoms with E-state index in [1.807, 2.05) is 0 Å². The Labute approximate surface area is 131 Å². The molecule has 0 spiro atoms. The second kappa shape index (κ2) is 4.84. The summed E-state index contributed by atoms with van der Waals surface area (Å²) in [5, 5.41) is 41.9. The van der Waals surface area contributed by atoms with E-state index in [1.165, 1.54) is 12.1 Å². The molecule has 3 rings (SSSR count). The number of nitro groups is 2. The molecule has 10 heteroatoms. The lowest BCUT2D eigenvalue weighted by atomic mass is 9.82. The van der Waals surface area contributed by atoms with Crippen molar-refractivity contribution in [3.05, 3.63) is 66.7 Å². The molecule has 0 saturated heterocycles. The molecule has 0 saturated carbocycles. The van der Waals surface area contributed by atoms with E-state index in [0.29, 0.717) is 6.07 Å². The van der Waals surface area contributed by atoms with Crippen LogP contribution in [0.2, 0.25) is 0 Å². The Morgan fingerprint density at radius 2 is 1.50 bits per heavy atom. The van der Waals surface area contributed by atoms with Crippen molar-refractivity contribution in [3.63, 3.8) is 0 Å². The number of aromatic hydroxyl groups is 2. The van der Waals surface area contributed by atoms with E-state index >= 15 is 0 Å². The SMILES string of the molecule is O=C1c2cc([N+](=O)[O-])c([N+](=O)[O-])c(O)c2C(=O)c2cccc(O)c21. The first-order chi connectivity index (χ1) is 11.3. The molecule has 24 heavy (non-hydrogen) atoms. The van der Waals surface area contributed by atoms with E-state index < -0.39 is 55.4 Å². The highest BCUT2D eigenvalue weighted by molar-refractivity contribution is 6.30. The number of carbonyl (C=O) groups is 2. The van der Waals surface area contributed by atoms with Crippen molar-refractivity contribution in [2.75, 3.05) is 0 Å². The van der Waals surface area contributed by atoms with Gasteiger partial charge in [-0.1, -0.05) is 12.1 Å². The summed E-state index contributed by atoms with van der Waals surface area (Å²) in [5.41, 5.74) is -4.32. The Morgan fingerprint density at radius 1 is 0.875 bits per heavy atom. The molecule has 0 fully saturated rings. The average molecular weight is 330 g/mol. The Kier molecular flexibility index (Phi) is 3.04. The largest absolute Gasteiger partial charge is 0.507 e. The minimum absolute atomic E-state index is 0.258. The van der Waals surface area contributed by atoms with Gasteiger partial charge < -0.3 is 10.2 Å². The van der Waals surface area contributed by atoms with Gasteiger partial charge in [0.1, 0.15) is 5.75 Å². The van der Waals surface area contributed by atoms with Crippen LogP contribution in [0.25, 0.3) is 0 Å². The molecule has 2 N–H and O–H groups in total. The Balaban J connectivity index is 2.44. The number of fused-ring (bicyclic) bond motifs is 2. The average Bonchev–Trinajstić information content (AvgIpc) is 2.50. The number of nitrogens with zero attached hydrogens (tertiary/aromatic N) is 2. The van der Waals surface area contributed by atoms with Gasteiger partial charge in [-0.3, -0.25) is 29.8 Å². The number of phenols is 2. The van der Waals surface area contributed by atoms with Crippen molar-refractivity contribution in [1.29, 1.82) is 0 Å². The van der Waals surface area contributed by atoms with E-state index in [4.69, 9.17) is 0 Å². The first-order valence-electron chi connectivity index (χ1n) is 6.35. The van der Waals surface area contributed by atoms with Crippen LogP contribution in [0.1, 0.15) is 31.8 Å². The van der Waals surface area contributed by atoms with Gasteiger partial charge in [-0.25, -0.2) is 0 Å². The summed E-state index contributed by atoms with van der Waals surface area (Å²) in [6, 6.07) is 4.18. The highest BCUT2D eigenvalue weighted by atomic mass is 16.6. The molecule has 0 heterocycles. The van der Waals surface area contributed by atoms with Crippen molar-refractivity contribution in [2.45, 2.75) is 0 Å². The number of ketones is 2. The molecule has 1 aliphatic carbocycles. The van der Waals surface area contributed by atoms with Crippen LogP contribution in [-0.4, -0.2) is 31.6 Å². The van der Waals surface area contributed by atoms with Crippen molar-refractivity contribution < 1.29 is 29.6 Å². The minimum Gasteiger partial charge on any atom is -0.507 e.